The van der Waals surface area contributed by atoms with E-state index in [1.54, 1.807) is 24.3 Å². The van der Waals surface area contributed by atoms with E-state index < -0.39 is 23.7 Å². The van der Waals surface area contributed by atoms with Crippen LogP contribution in [0, 0.1) is 6.92 Å². The number of carbonyl (C=O) groups is 2. The number of ether oxygens (including phenoxy) is 2. The highest BCUT2D eigenvalue weighted by Crippen LogP contribution is 2.41. The van der Waals surface area contributed by atoms with Crippen molar-refractivity contribution in [2.45, 2.75) is 18.9 Å². The summed E-state index contributed by atoms with van der Waals surface area (Å²) < 4.78 is 10.4. The molecule has 0 spiro atoms. The van der Waals surface area contributed by atoms with Crippen LogP contribution >= 0.6 is 0 Å². The Bertz CT molecular complexity index is 861. The van der Waals surface area contributed by atoms with Crippen LogP contribution in [0.3, 0.4) is 0 Å². The van der Waals surface area contributed by atoms with Crippen molar-refractivity contribution in [2.75, 3.05) is 19.5 Å². The average molecular weight is 341 g/mol. The lowest BCUT2D eigenvalue weighted by Crippen LogP contribution is -2.36. The van der Waals surface area contributed by atoms with E-state index in [2.05, 4.69) is 5.32 Å². The van der Waals surface area contributed by atoms with E-state index in [4.69, 9.17) is 9.47 Å². The maximum Gasteiger partial charge on any atom is 0.261 e. The number of fused-ring (bicyclic) bond motifs is 1. The van der Waals surface area contributed by atoms with Crippen molar-refractivity contribution in [3.8, 4) is 11.5 Å². The molecule has 0 fully saturated rings. The number of para-hydroxylation sites is 1. The second kappa shape index (κ2) is 6.22. The zero-order valence-electron chi connectivity index (χ0n) is 14.3. The summed E-state index contributed by atoms with van der Waals surface area (Å²) in [6.45, 7) is 1.83. The number of Topliss-reactive ketones (excluding diaryl/α,β-unsaturated/α-hetero) is 1. The summed E-state index contributed by atoms with van der Waals surface area (Å²) in [6, 6.07) is 10.0. The normalized spacial score (nSPS) is 18.5. The molecule has 2 aromatic carbocycles. The van der Waals surface area contributed by atoms with Crippen LogP contribution in [0.5, 0.6) is 11.5 Å². The van der Waals surface area contributed by atoms with Gasteiger partial charge in [0.05, 0.1) is 31.9 Å². The fourth-order valence-corrected chi connectivity index (χ4v) is 3.05. The minimum absolute atomic E-state index is 0.254. The highest BCUT2D eigenvalue weighted by Gasteiger charge is 2.47. The van der Waals surface area contributed by atoms with Crippen molar-refractivity contribution in [3.05, 3.63) is 53.1 Å². The molecule has 1 unspecified atom stereocenters. The Morgan fingerprint density at radius 1 is 1.20 bits per heavy atom. The number of carbonyl (C=O) groups excluding carboxylic acids is 2. The van der Waals surface area contributed by atoms with Gasteiger partial charge < -0.3 is 19.9 Å². The first-order valence-electron chi connectivity index (χ1n) is 7.80. The van der Waals surface area contributed by atoms with Gasteiger partial charge in [0.15, 0.2) is 11.4 Å². The van der Waals surface area contributed by atoms with E-state index in [9.17, 15) is 14.7 Å². The quantitative estimate of drug-likeness (QED) is 0.816. The maximum absolute atomic E-state index is 12.8. The number of benzene rings is 2. The van der Waals surface area contributed by atoms with Crippen molar-refractivity contribution in [1.29, 1.82) is 0 Å². The number of nitrogens with one attached hydrogen (secondary N) is 1. The lowest BCUT2D eigenvalue weighted by molar-refractivity contribution is -0.133. The molecule has 0 aromatic heterocycles. The van der Waals surface area contributed by atoms with Gasteiger partial charge in [-0.05, 0) is 30.7 Å². The van der Waals surface area contributed by atoms with Crippen molar-refractivity contribution in [3.63, 3.8) is 0 Å². The molecule has 1 aliphatic heterocycles. The molecule has 6 nitrogen and oxygen atoms in total. The van der Waals surface area contributed by atoms with Crippen LogP contribution in [0.1, 0.15) is 27.9 Å². The van der Waals surface area contributed by atoms with Gasteiger partial charge >= 0.3 is 0 Å². The van der Waals surface area contributed by atoms with Gasteiger partial charge in [0.2, 0.25) is 0 Å². The Labute approximate surface area is 145 Å². The van der Waals surface area contributed by atoms with E-state index in [1.807, 2.05) is 13.0 Å². The Hall–Kier alpha value is -2.86. The first-order chi connectivity index (χ1) is 11.9. The fourth-order valence-electron chi connectivity index (χ4n) is 3.05. The molecule has 0 saturated heterocycles. The van der Waals surface area contributed by atoms with Crippen molar-refractivity contribution >= 4 is 17.4 Å². The fraction of sp³-hybridized carbons (Fsp3) is 0.263. The highest BCUT2D eigenvalue weighted by atomic mass is 16.5. The Kier molecular flexibility index (Phi) is 4.22. The molecule has 25 heavy (non-hydrogen) atoms. The monoisotopic (exact) mass is 341 g/mol. The van der Waals surface area contributed by atoms with E-state index in [0.29, 0.717) is 22.7 Å². The van der Waals surface area contributed by atoms with E-state index in [-0.39, 0.29) is 5.56 Å². The van der Waals surface area contributed by atoms with Gasteiger partial charge in [0.25, 0.3) is 5.91 Å². The van der Waals surface area contributed by atoms with Gasteiger partial charge in [-0.3, -0.25) is 9.59 Å². The van der Waals surface area contributed by atoms with E-state index in [0.717, 1.165) is 5.56 Å². The number of anilines is 1. The van der Waals surface area contributed by atoms with Crippen LogP contribution in [0.15, 0.2) is 36.4 Å². The summed E-state index contributed by atoms with van der Waals surface area (Å²) >= 11 is 0. The van der Waals surface area contributed by atoms with E-state index in [1.165, 1.54) is 20.3 Å². The number of hydrogen-bond acceptors (Lipinski definition) is 5. The molecule has 1 heterocycles. The molecule has 0 saturated carbocycles. The average Bonchev–Trinajstić information content (AvgIpc) is 2.86. The van der Waals surface area contributed by atoms with Crippen LogP contribution in [0.25, 0.3) is 0 Å². The number of aryl methyl sites for hydroxylation is 1. The van der Waals surface area contributed by atoms with Gasteiger partial charge in [0.1, 0.15) is 11.5 Å². The predicted octanol–water partition coefficient (Wildman–Crippen LogP) is 2.42. The van der Waals surface area contributed by atoms with Crippen LogP contribution in [-0.2, 0) is 10.4 Å². The SMILES string of the molecule is COc1ccc(OC)c(C(=O)CC2(O)C(=O)Nc3c(C)cccc32)c1. The van der Waals surface area contributed by atoms with E-state index >= 15 is 0 Å². The molecule has 1 amide bonds. The van der Waals surface area contributed by atoms with Crippen molar-refractivity contribution in [2.24, 2.45) is 0 Å². The number of aliphatic hydroxyl groups is 1. The Morgan fingerprint density at radius 3 is 2.64 bits per heavy atom. The summed E-state index contributed by atoms with van der Waals surface area (Å²) in [7, 11) is 2.95. The number of hydrogen-bond donors (Lipinski definition) is 2. The number of methoxy groups -OCH3 is 2. The minimum atomic E-state index is -1.91. The molecule has 3 rings (SSSR count). The number of ketones is 1. The maximum atomic E-state index is 12.8. The predicted molar refractivity (Wildman–Crippen MR) is 92.2 cm³/mol. The third kappa shape index (κ3) is 2.74. The van der Waals surface area contributed by atoms with Crippen LogP contribution in [-0.4, -0.2) is 31.0 Å². The summed E-state index contributed by atoms with van der Waals surface area (Å²) in [5.41, 5.74) is 0.137. The van der Waals surface area contributed by atoms with Crippen molar-refractivity contribution in [1.82, 2.24) is 0 Å². The second-order valence-corrected chi connectivity index (χ2v) is 5.98. The molecule has 6 heteroatoms. The third-order valence-electron chi connectivity index (χ3n) is 4.46. The molecular weight excluding hydrogens is 322 g/mol. The molecule has 1 atom stereocenters. The smallest absolute Gasteiger partial charge is 0.261 e. The first-order valence-corrected chi connectivity index (χ1v) is 7.80. The molecule has 130 valence electrons. The number of rotatable bonds is 5. The van der Waals surface area contributed by atoms with Gasteiger partial charge in [-0.2, -0.15) is 0 Å². The molecule has 0 radical (unpaired) electrons. The standard InChI is InChI=1S/C19H19NO5/c1-11-5-4-6-14-17(11)20-18(22)19(14,23)10-15(21)13-9-12(24-2)7-8-16(13)25-3/h4-9,23H,10H2,1-3H3,(H,20,22). The van der Waals surface area contributed by atoms with Crippen LogP contribution in [0.4, 0.5) is 5.69 Å². The second-order valence-electron chi connectivity index (χ2n) is 5.98. The third-order valence-corrected chi connectivity index (χ3v) is 4.46. The lowest BCUT2D eigenvalue weighted by Gasteiger charge is -2.21. The molecular formula is C19H19NO5. The first kappa shape index (κ1) is 17.0. The summed E-state index contributed by atoms with van der Waals surface area (Å²) in [5, 5.41) is 13.6. The summed E-state index contributed by atoms with van der Waals surface area (Å²) in [5.74, 6) is -0.171. The van der Waals surface area contributed by atoms with Gasteiger partial charge in [0, 0.05) is 5.56 Å². The van der Waals surface area contributed by atoms with Crippen LogP contribution < -0.4 is 14.8 Å². The van der Waals surface area contributed by atoms with Crippen molar-refractivity contribution < 1.29 is 24.2 Å². The Morgan fingerprint density at radius 2 is 1.96 bits per heavy atom. The molecule has 2 N–H and O–H groups in total. The summed E-state index contributed by atoms with van der Waals surface area (Å²) in [4.78, 5) is 25.2. The van der Waals surface area contributed by atoms with Gasteiger partial charge in [-0.25, -0.2) is 0 Å². The Balaban J connectivity index is 1.99. The van der Waals surface area contributed by atoms with Gasteiger partial charge in [-0.15, -0.1) is 0 Å². The summed E-state index contributed by atoms with van der Waals surface area (Å²) in [6.07, 6.45) is -0.390. The molecule has 1 aliphatic rings. The topological polar surface area (TPSA) is 84.9 Å². The molecule has 0 bridgehead atoms. The largest absolute Gasteiger partial charge is 0.497 e. The van der Waals surface area contributed by atoms with Crippen LogP contribution in [0.2, 0.25) is 0 Å². The molecule has 0 aliphatic carbocycles. The van der Waals surface area contributed by atoms with Gasteiger partial charge in [-0.1, -0.05) is 18.2 Å². The number of amides is 1. The highest BCUT2D eigenvalue weighted by molar-refractivity contribution is 6.10. The zero-order valence-corrected chi connectivity index (χ0v) is 14.3. The lowest BCUT2D eigenvalue weighted by atomic mass is 9.87. The minimum Gasteiger partial charge on any atom is -0.497 e. The molecule has 2 aromatic rings. The zero-order chi connectivity index (χ0) is 18.2.